The molecule has 1 aliphatic carbocycles. The first-order chi connectivity index (χ1) is 11.0. The Kier molecular flexibility index (Phi) is 3.85. The van der Waals surface area contributed by atoms with E-state index >= 15 is 0 Å². The second kappa shape index (κ2) is 5.69. The molecule has 1 unspecified atom stereocenters. The van der Waals surface area contributed by atoms with Crippen LogP contribution in [0.3, 0.4) is 0 Å². The molecular formula is C18H20N2O3. The standard InChI is InChI=1S/C18H20N2O3/c1-17(11-13-7-3-4-8-14(13)15(21)23-17)16(22)20-18(12-19)9-5-2-6-10-18/h3-4,7-8H,2,5-6,9-11H2,1H3,(H,20,22). The van der Waals surface area contributed by atoms with Crippen molar-refractivity contribution in [3.05, 3.63) is 35.4 Å². The molecule has 1 saturated carbocycles. The first-order valence-electron chi connectivity index (χ1n) is 8.03. The van der Waals surface area contributed by atoms with Gasteiger partial charge in [0.25, 0.3) is 5.91 Å². The number of cyclic esters (lactones) is 1. The van der Waals surface area contributed by atoms with Gasteiger partial charge in [0.15, 0.2) is 5.60 Å². The number of nitrogens with one attached hydrogen (secondary N) is 1. The Morgan fingerprint density at radius 2 is 1.96 bits per heavy atom. The maximum Gasteiger partial charge on any atom is 0.339 e. The number of hydrogen-bond donors (Lipinski definition) is 1. The number of nitriles is 1. The summed E-state index contributed by atoms with van der Waals surface area (Å²) in [4.78, 5) is 24.9. The van der Waals surface area contributed by atoms with E-state index in [-0.39, 0.29) is 5.91 Å². The second-order valence-electron chi connectivity index (χ2n) is 6.66. The fourth-order valence-corrected chi connectivity index (χ4v) is 3.43. The molecule has 23 heavy (non-hydrogen) atoms. The predicted molar refractivity (Wildman–Crippen MR) is 83.5 cm³/mol. The number of esters is 1. The molecule has 1 N–H and O–H groups in total. The van der Waals surface area contributed by atoms with E-state index in [4.69, 9.17) is 4.74 Å². The van der Waals surface area contributed by atoms with Gasteiger partial charge in [-0.25, -0.2) is 4.79 Å². The molecule has 1 amide bonds. The average molecular weight is 312 g/mol. The third-order valence-corrected chi connectivity index (χ3v) is 4.84. The molecule has 1 aliphatic heterocycles. The molecule has 0 aromatic heterocycles. The molecule has 0 spiro atoms. The third kappa shape index (κ3) is 2.81. The minimum absolute atomic E-state index is 0.322. The van der Waals surface area contributed by atoms with E-state index in [2.05, 4.69) is 11.4 Å². The fourth-order valence-electron chi connectivity index (χ4n) is 3.43. The van der Waals surface area contributed by atoms with Crippen LogP contribution in [0.15, 0.2) is 24.3 Å². The molecule has 3 rings (SSSR count). The van der Waals surface area contributed by atoms with Gasteiger partial charge in [0.1, 0.15) is 5.54 Å². The summed E-state index contributed by atoms with van der Waals surface area (Å²) in [6.45, 7) is 1.62. The minimum atomic E-state index is -1.27. The Hall–Kier alpha value is -2.35. The van der Waals surface area contributed by atoms with Crippen LogP contribution in [0.25, 0.3) is 0 Å². The van der Waals surface area contributed by atoms with Gasteiger partial charge in [-0.2, -0.15) is 5.26 Å². The fraction of sp³-hybridized carbons (Fsp3) is 0.500. The Balaban J connectivity index is 1.82. The quantitative estimate of drug-likeness (QED) is 0.851. The summed E-state index contributed by atoms with van der Waals surface area (Å²) in [5.74, 6) is -0.872. The van der Waals surface area contributed by atoms with Crippen LogP contribution >= 0.6 is 0 Å². The highest BCUT2D eigenvalue weighted by molar-refractivity contribution is 5.97. The Morgan fingerprint density at radius 3 is 2.65 bits per heavy atom. The lowest BCUT2D eigenvalue weighted by molar-refractivity contribution is -0.141. The van der Waals surface area contributed by atoms with Crippen LogP contribution in [0, 0.1) is 11.3 Å². The van der Waals surface area contributed by atoms with Crippen molar-refractivity contribution < 1.29 is 14.3 Å². The van der Waals surface area contributed by atoms with Crippen LogP contribution in [-0.4, -0.2) is 23.0 Å². The van der Waals surface area contributed by atoms with Crippen molar-refractivity contribution in [3.63, 3.8) is 0 Å². The van der Waals surface area contributed by atoms with Crippen LogP contribution in [-0.2, 0) is 16.0 Å². The minimum Gasteiger partial charge on any atom is -0.445 e. The zero-order chi connectivity index (χ0) is 16.5. The van der Waals surface area contributed by atoms with E-state index in [0.717, 1.165) is 24.8 Å². The molecule has 0 radical (unpaired) electrons. The van der Waals surface area contributed by atoms with Crippen LogP contribution in [0.5, 0.6) is 0 Å². The maximum absolute atomic E-state index is 12.8. The van der Waals surface area contributed by atoms with Gasteiger partial charge < -0.3 is 10.1 Å². The van der Waals surface area contributed by atoms with Crippen LogP contribution in [0.4, 0.5) is 0 Å². The molecule has 120 valence electrons. The van der Waals surface area contributed by atoms with Gasteiger partial charge in [0.2, 0.25) is 0 Å². The number of amides is 1. The number of rotatable bonds is 2. The van der Waals surface area contributed by atoms with E-state index < -0.39 is 17.1 Å². The molecule has 1 aromatic rings. The monoisotopic (exact) mass is 312 g/mol. The van der Waals surface area contributed by atoms with Gasteiger partial charge in [-0.1, -0.05) is 37.5 Å². The zero-order valence-corrected chi connectivity index (χ0v) is 13.2. The summed E-state index contributed by atoms with van der Waals surface area (Å²) in [7, 11) is 0. The van der Waals surface area contributed by atoms with Gasteiger partial charge in [0.05, 0.1) is 11.6 Å². The summed E-state index contributed by atoms with van der Waals surface area (Å²) in [6, 6.07) is 9.41. The van der Waals surface area contributed by atoms with Gasteiger partial charge in [0, 0.05) is 6.42 Å². The summed E-state index contributed by atoms with van der Waals surface area (Å²) in [5, 5.41) is 12.4. The number of nitrogens with zero attached hydrogens (tertiary/aromatic N) is 1. The first-order valence-corrected chi connectivity index (χ1v) is 8.03. The summed E-state index contributed by atoms with van der Waals surface area (Å²) >= 11 is 0. The number of carbonyl (C=O) groups is 2. The van der Waals surface area contributed by atoms with Crippen LogP contribution < -0.4 is 5.32 Å². The highest BCUT2D eigenvalue weighted by Crippen LogP contribution is 2.32. The van der Waals surface area contributed by atoms with Gasteiger partial charge >= 0.3 is 5.97 Å². The van der Waals surface area contributed by atoms with Crippen LogP contribution in [0.2, 0.25) is 0 Å². The highest BCUT2D eigenvalue weighted by atomic mass is 16.6. The molecule has 1 aromatic carbocycles. The predicted octanol–water partition coefficient (Wildman–Crippen LogP) is 2.50. The first kappa shape index (κ1) is 15.5. The Labute approximate surface area is 135 Å². The molecule has 1 fully saturated rings. The molecule has 1 heterocycles. The van der Waals surface area contributed by atoms with E-state index in [0.29, 0.717) is 24.8 Å². The van der Waals surface area contributed by atoms with Crippen LogP contribution in [0.1, 0.15) is 54.9 Å². The largest absolute Gasteiger partial charge is 0.445 e. The Bertz CT molecular complexity index is 686. The van der Waals surface area contributed by atoms with Crippen molar-refractivity contribution >= 4 is 11.9 Å². The van der Waals surface area contributed by atoms with Crippen molar-refractivity contribution in [2.24, 2.45) is 0 Å². The van der Waals surface area contributed by atoms with E-state index in [1.54, 1.807) is 19.1 Å². The maximum atomic E-state index is 12.8. The van der Waals surface area contributed by atoms with Crippen molar-refractivity contribution in [3.8, 4) is 6.07 Å². The summed E-state index contributed by atoms with van der Waals surface area (Å²) in [6.07, 6.45) is 4.55. The van der Waals surface area contributed by atoms with Crippen molar-refractivity contribution in [2.45, 2.75) is 56.6 Å². The van der Waals surface area contributed by atoms with Crippen molar-refractivity contribution in [2.75, 3.05) is 0 Å². The lowest BCUT2D eigenvalue weighted by Gasteiger charge is -2.38. The zero-order valence-electron chi connectivity index (χ0n) is 13.2. The number of carbonyl (C=O) groups excluding carboxylic acids is 2. The summed E-state index contributed by atoms with van der Waals surface area (Å²) < 4.78 is 5.43. The van der Waals surface area contributed by atoms with E-state index in [1.165, 1.54) is 0 Å². The van der Waals surface area contributed by atoms with Crippen molar-refractivity contribution in [1.82, 2.24) is 5.32 Å². The molecule has 0 saturated heterocycles. The smallest absolute Gasteiger partial charge is 0.339 e. The topological polar surface area (TPSA) is 79.2 Å². The average Bonchev–Trinajstić information content (AvgIpc) is 2.55. The molecule has 5 nitrogen and oxygen atoms in total. The molecule has 0 bridgehead atoms. The molecule has 1 atom stereocenters. The number of fused-ring (bicyclic) bond motifs is 1. The lowest BCUT2D eigenvalue weighted by atomic mass is 9.81. The second-order valence-corrected chi connectivity index (χ2v) is 6.66. The van der Waals surface area contributed by atoms with E-state index in [9.17, 15) is 14.9 Å². The number of hydrogen-bond acceptors (Lipinski definition) is 4. The van der Waals surface area contributed by atoms with E-state index in [1.807, 2.05) is 12.1 Å². The van der Waals surface area contributed by atoms with Gasteiger partial charge in [-0.15, -0.1) is 0 Å². The highest BCUT2D eigenvalue weighted by Gasteiger charge is 2.46. The molecule has 5 heteroatoms. The number of ether oxygens (including phenoxy) is 1. The molecular weight excluding hydrogens is 292 g/mol. The summed E-state index contributed by atoms with van der Waals surface area (Å²) in [5.41, 5.74) is -0.796. The molecule has 2 aliphatic rings. The third-order valence-electron chi connectivity index (χ3n) is 4.84. The van der Waals surface area contributed by atoms with Gasteiger partial charge in [-0.3, -0.25) is 4.79 Å². The SMILES string of the molecule is CC1(C(=O)NC2(C#N)CCCCC2)Cc2ccccc2C(=O)O1. The Morgan fingerprint density at radius 1 is 1.26 bits per heavy atom. The number of benzene rings is 1. The van der Waals surface area contributed by atoms with Gasteiger partial charge in [-0.05, 0) is 31.4 Å². The lowest BCUT2D eigenvalue weighted by Crippen LogP contribution is -2.58. The van der Waals surface area contributed by atoms with Crippen molar-refractivity contribution in [1.29, 1.82) is 5.26 Å². The normalized spacial score (nSPS) is 25.7.